The van der Waals surface area contributed by atoms with Gasteiger partial charge in [-0.2, -0.15) is 0 Å². The molecule has 3 amide bonds. The van der Waals surface area contributed by atoms with E-state index in [9.17, 15) is 9.59 Å². The number of carbonyl (C=O) groups excluding carboxylic acids is 2. The monoisotopic (exact) mass is 296 g/mol. The molecule has 2 rings (SSSR count). The zero-order valence-corrected chi connectivity index (χ0v) is 12.6. The van der Waals surface area contributed by atoms with Crippen molar-refractivity contribution in [3.05, 3.63) is 11.4 Å². The fourth-order valence-electron chi connectivity index (χ4n) is 2.59. The topological polar surface area (TPSA) is 90.0 Å². The number of amides is 3. The average Bonchev–Trinajstić information content (AvgIpc) is 2.96. The van der Waals surface area contributed by atoms with E-state index in [2.05, 4.69) is 21.8 Å². The number of thioether (sulfide) groups is 1. The Bertz CT molecular complexity index is 521. The molecule has 1 aliphatic rings. The number of imidazole rings is 1. The van der Waals surface area contributed by atoms with Crippen LogP contribution >= 0.6 is 11.8 Å². The lowest BCUT2D eigenvalue weighted by atomic mass is 10.2. The van der Waals surface area contributed by atoms with Crippen molar-refractivity contribution in [3.63, 3.8) is 0 Å². The number of primary amides is 1. The van der Waals surface area contributed by atoms with Gasteiger partial charge in [-0.1, -0.05) is 24.6 Å². The molecule has 1 aromatic heterocycles. The number of urea groups is 1. The first-order valence-corrected chi connectivity index (χ1v) is 7.75. The molecule has 0 atom stereocenters. The first-order valence-electron chi connectivity index (χ1n) is 6.76. The fourth-order valence-corrected chi connectivity index (χ4v) is 3.55. The van der Waals surface area contributed by atoms with E-state index in [1.54, 1.807) is 0 Å². The minimum absolute atomic E-state index is 0.144. The van der Waals surface area contributed by atoms with Gasteiger partial charge in [-0.05, 0) is 26.7 Å². The summed E-state index contributed by atoms with van der Waals surface area (Å²) in [5.41, 5.74) is 7.08. The maximum absolute atomic E-state index is 11.5. The number of hydrogen-bond acceptors (Lipinski definition) is 4. The quantitative estimate of drug-likeness (QED) is 0.830. The number of nitrogens with two attached hydrogens (primary N) is 1. The molecular weight excluding hydrogens is 276 g/mol. The lowest BCUT2D eigenvalue weighted by molar-refractivity contribution is -0.117. The largest absolute Gasteiger partial charge is 0.351 e. The van der Waals surface area contributed by atoms with Gasteiger partial charge in [-0.3, -0.25) is 10.1 Å². The highest BCUT2D eigenvalue weighted by Crippen LogP contribution is 2.35. The van der Waals surface area contributed by atoms with Gasteiger partial charge in [0.1, 0.15) is 0 Å². The van der Waals surface area contributed by atoms with Gasteiger partial charge in [0.25, 0.3) is 0 Å². The third kappa shape index (κ3) is 3.33. The van der Waals surface area contributed by atoms with E-state index >= 15 is 0 Å². The van der Waals surface area contributed by atoms with Crippen molar-refractivity contribution < 1.29 is 9.59 Å². The van der Waals surface area contributed by atoms with Crippen LogP contribution in [0.4, 0.5) is 4.79 Å². The minimum atomic E-state index is -0.818. The van der Waals surface area contributed by atoms with Gasteiger partial charge < -0.3 is 10.3 Å². The van der Waals surface area contributed by atoms with Crippen LogP contribution in [0.2, 0.25) is 0 Å². The molecule has 20 heavy (non-hydrogen) atoms. The lowest BCUT2D eigenvalue weighted by Crippen LogP contribution is -2.36. The summed E-state index contributed by atoms with van der Waals surface area (Å²) in [6.45, 7) is 4.04. The molecule has 0 unspecified atom stereocenters. The molecule has 1 fully saturated rings. The first-order chi connectivity index (χ1) is 9.49. The van der Waals surface area contributed by atoms with E-state index < -0.39 is 11.9 Å². The second-order valence-electron chi connectivity index (χ2n) is 5.07. The Labute approximate surface area is 122 Å². The standard InChI is InChI=1S/C13H20N4O2S/c1-8-9(2)17(10-5-3-4-6-10)13(15-8)20-7-11(18)16-12(14)19/h10H,3-7H2,1-2H3,(H3,14,16,18,19). The van der Waals surface area contributed by atoms with Crippen LogP contribution in [-0.2, 0) is 4.79 Å². The number of rotatable bonds is 4. The molecule has 1 heterocycles. The Balaban J connectivity index is 2.09. The summed E-state index contributed by atoms with van der Waals surface area (Å²) in [4.78, 5) is 26.6. The Hall–Kier alpha value is -1.50. The van der Waals surface area contributed by atoms with E-state index in [4.69, 9.17) is 5.73 Å². The maximum Gasteiger partial charge on any atom is 0.318 e. The molecule has 0 aromatic carbocycles. The summed E-state index contributed by atoms with van der Waals surface area (Å²) >= 11 is 1.35. The van der Waals surface area contributed by atoms with Crippen LogP contribution < -0.4 is 11.1 Å². The third-order valence-corrected chi connectivity index (χ3v) is 4.59. The highest BCUT2D eigenvalue weighted by atomic mass is 32.2. The molecule has 1 aromatic rings. The van der Waals surface area contributed by atoms with E-state index in [-0.39, 0.29) is 5.75 Å². The molecule has 6 nitrogen and oxygen atoms in total. The zero-order valence-electron chi connectivity index (χ0n) is 11.8. The van der Waals surface area contributed by atoms with Crippen molar-refractivity contribution >= 4 is 23.7 Å². The maximum atomic E-state index is 11.5. The van der Waals surface area contributed by atoms with Gasteiger partial charge in [0.2, 0.25) is 5.91 Å². The Morgan fingerprint density at radius 3 is 2.65 bits per heavy atom. The normalized spacial score (nSPS) is 15.5. The van der Waals surface area contributed by atoms with Gasteiger partial charge in [-0.15, -0.1) is 0 Å². The van der Waals surface area contributed by atoms with Crippen LogP contribution in [0.25, 0.3) is 0 Å². The molecule has 0 spiro atoms. The number of imide groups is 1. The Kier molecular flexibility index (Phi) is 4.69. The van der Waals surface area contributed by atoms with E-state index in [1.807, 2.05) is 6.92 Å². The molecular formula is C13H20N4O2S. The van der Waals surface area contributed by atoms with Crippen LogP contribution in [0.1, 0.15) is 43.1 Å². The second kappa shape index (κ2) is 6.30. The van der Waals surface area contributed by atoms with E-state index in [0.29, 0.717) is 6.04 Å². The minimum Gasteiger partial charge on any atom is -0.351 e. The molecule has 0 radical (unpaired) electrons. The molecule has 110 valence electrons. The molecule has 3 N–H and O–H groups in total. The third-order valence-electron chi connectivity index (χ3n) is 3.64. The van der Waals surface area contributed by atoms with Crippen molar-refractivity contribution in [1.29, 1.82) is 0 Å². The smallest absolute Gasteiger partial charge is 0.318 e. The Morgan fingerprint density at radius 1 is 1.40 bits per heavy atom. The number of aryl methyl sites for hydroxylation is 1. The van der Waals surface area contributed by atoms with Crippen LogP contribution in [-0.4, -0.2) is 27.2 Å². The van der Waals surface area contributed by atoms with Crippen molar-refractivity contribution in [1.82, 2.24) is 14.9 Å². The van der Waals surface area contributed by atoms with Crippen LogP contribution in [0, 0.1) is 13.8 Å². The zero-order chi connectivity index (χ0) is 14.7. The van der Waals surface area contributed by atoms with Gasteiger partial charge in [-0.25, -0.2) is 9.78 Å². The summed E-state index contributed by atoms with van der Waals surface area (Å²) in [7, 11) is 0. The predicted molar refractivity (Wildman–Crippen MR) is 77.7 cm³/mol. The summed E-state index contributed by atoms with van der Waals surface area (Å²) < 4.78 is 2.24. The summed E-state index contributed by atoms with van der Waals surface area (Å²) in [5.74, 6) is -0.246. The van der Waals surface area contributed by atoms with Gasteiger partial charge in [0.05, 0.1) is 11.4 Å². The number of nitrogens with zero attached hydrogens (tertiary/aromatic N) is 2. The first kappa shape index (κ1) is 14.9. The summed E-state index contributed by atoms with van der Waals surface area (Å²) in [5, 5.41) is 2.92. The Morgan fingerprint density at radius 2 is 2.05 bits per heavy atom. The van der Waals surface area contributed by atoms with Crippen molar-refractivity contribution in [2.45, 2.75) is 50.7 Å². The van der Waals surface area contributed by atoms with Crippen LogP contribution in [0.3, 0.4) is 0 Å². The highest BCUT2D eigenvalue weighted by molar-refractivity contribution is 7.99. The second-order valence-corrected chi connectivity index (χ2v) is 6.02. The van der Waals surface area contributed by atoms with Gasteiger partial charge in [0.15, 0.2) is 5.16 Å². The molecule has 1 saturated carbocycles. The van der Waals surface area contributed by atoms with Crippen molar-refractivity contribution in [2.75, 3.05) is 5.75 Å². The lowest BCUT2D eigenvalue weighted by Gasteiger charge is -2.16. The summed E-state index contributed by atoms with van der Waals surface area (Å²) in [6.07, 6.45) is 4.82. The van der Waals surface area contributed by atoms with Gasteiger partial charge >= 0.3 is 6.03 Å². The van der Waals surface area contributed by atoms with E-state index in [1.165, 1.54) is 24.6 Å². The molecule has 7 heteroatoms. The molecule has 1 aliphatic carbocycles. The van der Waals surface area contributed by atoms with Crippen LogP contribution in [0.5, 0.6) is 0 Å². The van der Waals surface area contributed by atoms with Crippen molar-refractivity contribution in [3.8, 4) is 0 Å². The van der Waals surface area contributed by atoms with Crippen molar-refractivity contribution in [2.24, 2.45) is 5.73 Å². The fraction of sp³-hybridized carbons (Fsp3) is 0.615. The number of aromatic nitrogens is 2. The highest BCUT2D eigenvalue weighted by Gasteiger charge is 2.23. The SMILES string of the molecule is Cc1nc(SCC(=O)NC(N)=O)n(C2CCCC2)c1C. The molecule has 0 saturated heterocycles. The number of hydrogen-bond donors (Lipinski definition) is 2. The summed E-state index contributed by atoms with van der Waals surface area (Å²) in [6, 6.07) is -0.333. The predicted octanol–water partition coefficient (Wildman–Crippen LogP) is 1.90. The van der Waals surface area contributed by atoms with E-state index in [0.717, 1.165) is 29.4 Å². The molecule has 0 aliphatic heterocycles. The number of carbonyl (C=O) groups is 2. The average molecular weight is 296 g/mol. The molecule has 0 bridgehead atoms. The van der Waals surface area contributed by atoms with Crippen LogP contribution in [0.15, 0.2) is 5.16 Å². The number of nitrogens with one attached hydrogen (secondary N) is 1. The van der Waals surface area contributed by atoms with Gasteiger partial charge in [0, 0.05) is 11.7 Å².